The van der Waals surface area contributed by atoms with Gasteiger partial charge in [-0.25, -0.2) is 0 Å². The van der Waals surface area contributed by atoms with E-state index in [0.717, 1.165) is 22.5 Å². The Bertz CT molecular complexity index is 1020. The number of benzene rings is 2. The summed E-state index contributed by atoms with van der Waals surface area (Å²) in [7, 11) is 1.88. The number of rotatable bonds is 7. The Balaban J connectivity index is 1.71. The van der Waals surface area contributed by atoms with E-state index in [9.17, 15) is 9.59 Å². The number of nitrogens with one attached hydrogen (secondary N) is 1. The van der Waals surface area contributed by atoms with Crippen molar-refractivity contribution in [2.45, 2.75) is 39.7 Å². The second-order valence-corrected chi connectivity index (χ2v) is 7.41. The molecule has 0 radical (unpaired) electrons. The first-order valence-electron chi connectivity index (χ1n) is 9.96. The number of carbonyl (C=O) groups is 2. The van der Waals surface area contributed by atoms with E-state index in [4.69, 9.17) is 4.74 Å². The fraction of sp³-hybridized carbons (Fsp3) is 0.292. The molecule has 1 aromatic heterocycles. The third kappa shape index (κ3) is 5.14. The number of aryl methyl sites for hydroxylation is 3. The number of anilines is 1. The van der Waals surface area contributed by atoms with Gasteiger partial charge in [-0.05, 0) is 44.9 Å². The van der Waals surface area contributed by atoms with E-state index >= 15 is 0 Å². The minimum atomic E-state index is -1.02. The van der Waals surface area contributed by atoms with Gasteiger partial charge >= 0.3 is 5.97 Å². The van der Waals surface area contributed by atoms with Crippen molar-refractivity contribution in [2.24, 2.45) is 7.05 Å². The van der Waals surface area contributed by atoms with E-state index in [2.05, 4.69) is 10.4 Å². The van der Waals surface area contributed by atoms with Crippen LogP contribution in [0.3, 0.4) is 0 Å². The summed E-state index contributed by atoms with van der Waals surface area (Å²) in [5.74, 6) is -0.808. The first kappa shape index (κ1) is 21.3. The quantitative estimate of drug-likeness (QED) is 0.598. The second kappa shape index (κ2) is 9.39. The van der Waals surface area contributed by atoms with Crippen LogP contribution in [0.25, 0.3) is 0 Å². The first-order valence-corrected chi connectivity index (χ1v) is 9.96. The Kier molecular flexibility index (Phi) is 6.67. The van der Waals surface area contributed by atoms with Gasteiger partial charge in [0.25, 0.3) is 5.91 Å². The highest BCUT2D eigenvalue weighted by atomic mass is 16.5. The van der Waals surface area contributed by atoms with Gasteiger partial charge in [-0.3, -0.25) is 14.3 Å². The van der Waals surface area contributed by atoms with E-state index in [1.165, 1.54) is 0 Å². The fourth-order valence-corrected chi connectivity index (χ4v) is 3.34. The van der Waals surface area contributed by atoms with Gasteiger partial charge in [-0.2, -0.15) is 5.10 Å². The largest absolute Gasteiger partial charge is 0.447 e. The molecule has 0 spiro atoms. The second-order valence-electron chi connectivity index (χ2n) is 7.41. The van der Waals surface area contributed by atoms with Crippen LogP contribution in [0.1, 0.15) is 40.6 Å². The van der Waals surface area contributed by atoms with Gasteiger partial charge in [0.15, 0.2) is 0 Å². The van der Waals surface area contributed by atoms with Crippen molar-refractivity contribution in [1.82, 2.24) is 9.78 Å². The van der Waals surface area contributed by atoms with Gasteiger partial charge in [-0.1, -0.05) is 48.0 Å². The third-order valence-electron chi connectivity index (χ3n) is 5.15. The van der Waals surface area contributed by atoms with Crippen LogP contribution in [-0.2, 0) is 27.8 Å². The zero-order valence-electron chi connectivity index (χ0n) is 17.8. The first-order chi connectivity index (χ1) is 14.3. The van der Waals surface area contributed by atoms with E-state index in [-0.39, 0.29) is 12.3 Å². The highest BCUT2D eigenvalue weighted by molar-refractivity contribution is 5.96. The van der Waals surface area contributed by atoms with Crippen LogP contribution in [0.2, 0.25) is 0 Å². The van der Waals surface area contributed by atoms with Crippen LogP contribution in [0, 0.1) is 20.8 Å². The molecular weight excluding hydrogens is 378 g/mol. The lowest BCUT2D eigenvalue weighted by Gasteiger charge is -2.18. The zero-order valence-corrected chi connectivity index (χ0v) is 17.8. The van der Waals surface area contributed by atoms with Crippen molar-refractivity contribution in [1.29, 1.82) is 0 Å². The summed E-state index contributed by atoms with van der Waals surface area (Å²) in [5, 5.41) is 7.22. The highest BCUT2D eigenvalue weighted by Gasteiger charge is 2.25. The molecule has 3 rings (SSSR count). The summed E-state index contributed by atoms with van der Waals surface area (Å²) in [6.07, 6.45) is -0.323. The van der Waals surface area contributed by atoms with Crippen LogP contribution in [-0.4, -0.2) is 21.7 Å². The Morgan fingerprint density at radius 1 is 1.03 bits per heavy atom. The van der Waals surface area contributed by atoms with Gasteiger partial charge in [0.05, 0.1) is 5.69 Å². The summed E-state index contributed by atoms with van der Waals surface area (Å²) in [5.41, 5.74) is 5.35. The van der Waals surface area contributed by atoms with Crippen molar-refractivity contribution in [2.75, 3.05) is 5.32 Å². The zero-order chi connectivity index (χ0) is 21.7. The molecule has 1 atom stereocenters. The average Bonchev–Trinajstić information content (AvgIpc) is 2.98. The van der Waals surface area contributed by atoms with Gasteiger partial charge < -0.3 is 10.1 Å². The molecule has 0 saturated heterocycles. The lowest BCUT2D eigenvalue weighted by Crippen LogP contribution is -2.26. The molecule has 0 fully saturated rings. The summed E-state index contributed by atoms with van der Waals surface area (Å²) >= 11 is 0. The molecule has 0 bridgehead atoms. The predicted octanol–water partition coefficient (Wildman–Crippen LogP) is 4.20. The molecule has 0 aliphatic heterocycles. The van der Waals surface area contributed by atoms with Gasteiger partial charge in [0.1, 0.15) is 0 Å². The molecule has 3 aromatic rings. The maximum Gasteiger partial charge on any atom is 0.307 e. The van der Waals surface area contributed by atoms with Crippen LogP contribution in [0.4, 0.5) is 5.69 Å². The molecule has 0 aliphatic carbocycles. The van der Waals surface area contributed by atoms with Gasteiger partial charge in [-0.15, -0.1) is 0 Å². The number of esters is 1. The lowest BCUT2D eigenvalue weighted by atomic mass is 10.1. The number of nitrogens with zero attached hydrogens (tertiary/aromatic N) is 2. The summed E-state index contributed by atoms with van der Waals surface area (Å²) in [6.45, 7) is 5.88. The number of carbonyl (C=O) groups excluding carboxylic acids is 2. The summed E-state index contributed by atoms with van der Waals surface area (Å²) in [6, 6.07) is 16.5. The Hall–Kier alpha value is -3.41. The predicted molar refractivity (Wildman–Crippen MR) is 116 cm³/mol. The normalized spacial score (nSPS) is 11.7. The molecule has 156 valence electrons. The molecular formula is C24H27N3O3. The van der Waals surface area contributed by atoms with Crippen LogP contribution < -0.4 is 5.32 Å². The van der Waals surface area contributed by atoms with E-state index < -0.39 is 12.1 Å². The lowest BCUT2D eigenvalue weighted by molar-refractivity contribution is -0.154. The van der Waals surface area contributed by atoms with Crippen molar-refractivity contribution < 1.29 is 14.3 Å². The molecule has 0 saturated carbocycles. The maximum atomic E-state index is 12.9. The van der Waals surface area contributed by atoms with Crippen molar-refractivity contribution in [3.63, 3.8) is 0 Å². The van der Waals surface area contributed by atoms with Crippen LogP contribution in [0.5, 0.6) is 0 Å². The fourth-order valence-electron chi connectivity index (χ4n) is 3.34. The monoisotopic (exact) mass is 405 g/mol. The van der Waals surface area contributed by atoms with E-state index in [1.54, 1.807) is 16.8 Å². The van der Waals surface area contributed by atoms with Gasteiger partial charge in [0.2, 0.25) is 6.10 Å². The minimum Gasteiger partial charge on any atom is -0.447 e. The molecule has 30 heavy (non-hydrogen) atoms. The Morgan fingerprint density at radius 3 is 2.30 bits per heavy atom. The molecule has 1 unspecified atom stereocenters. The molecule has 6 nitrogen and oxygen atoms in total. The van der Waals surface area contributed by atoms with Crippen molar-refractivity contribution in [3.8, 4) is 0 Å². The number of hydrogen-bond donors (Lipinski definition) is 1. The summed E-state index contributed by atoms with van der Waals surface area (Å²) < 4.78 is 7.43. The summed E-state index contributed by atoms with van der Waals surface area (Å²) in [4.78, 5) is 25.5. The average molecular weight is 405 g/mol. The molecule has 1 N–H and O–H groups in total. The third-order valence-corrected chi connectivity index (χ3v) is 5.15. The molecule has 2 aromatic carbocycles. The Labute approximate surface area is 176 Å². The number of hydrogen-bond acceptors (Lipinski definition) is 4. The number of ether oxygens (including phenoxy) is 1. The molecule has 6 heteroatoms. The van der Waals surface area contributed by atoms with Crippen molar-refractivity contribution >= 4 is 17.6 Å². The van der Waals surface area contributed by atoms with E-state index in [0.29, 0.717) is 17.7 Å². The minimum absolute atomic E-state index is 0.175. The SMILES string of the molecule is Cc1ccc(NC(=O)C(OC(=O)CCc2c(C)nn(C)c2C)c2ccccc2)cc1. The molecule has 1 amide bonds. The van der Waals surface area contributed by atoms with Gasteiger partial charge in [0, 0.05) is 30.4 Å². The standard InChI is InChI=1S/C24H27N3O3/c1-16-10-12-20(13-11-16)25-24(29)23(19-8-6-5-7-9-19)30-22(28)15-14-21-17(2)26-27(4)18(21)3/h5-13,23H,14-15H2,1-4H3,(H,25,29). The topological polar surface area (TPSA) is 73.2 Å². The highest BCUT2D eigenvalue weighted by Crippen LogP contribution is 2.22. The van der Waals surface area contributed by atoms with E-state index in [1.807, 2.05) is 70.3 Å². The van der Waals surface area contributed by atoms with Crippen LogP contribution >= 0.6 is 0 Å². The smallest absolute Gasteiger partial charge is 0.307 e. The number of amides is 1. The molecule has 0 aliphatic rings. The van der Waals surface area contributed by atoms with Crippen molar-refractivity contribution in [3.05, 3.63) is 82.7 Å². The maximum absolute atomic E-state index is 12.9. The number of aromatic nitrogens is 2. The molecule has 1 heterocycles. The van der Waals surface area contributed by atoms with Crippen LogP contribution in [0.15, 0.2) is 54.6 Å². The Morgan fingerprint density at radius 2 is 1.70 bits per heavy atom.